The molecule has 4 aliphatic heterocycles. The smallest absolute Gasteiger partial charge is 0.261 e. The summed E-state index contributed by atoms with van der Waals surface area (Å²) in [5.41, 5.74) is 23.0. The van der Waals surface area contributed by atoms with E-state index in [1.807, 2.05) is 161 Å². The van der Waals surface area contributed by atoms with Gasteiger partial charge in [0.15, 0.2) is 18.9 Å². The van der Waals surface area contributed by atoms with Gasteiger partial charge in [-0.2, -0.15) is 0 Å². The predicted octanol–water partition coefficient (Wildman–Crippen LogP) is 12.0. The van der Waals surface area contributed by atoms with E-state index in [-0.39, 0.29) is 38.4 Å². The zero-order valence-electron chi connectivity index (χ0n) is 60.3. The van der Waals surface area contributed by atoms with Crippen LogP contribution in [0.2, 0.25) is 10.1 Å². The average molecular weight is 1450 g/mol. The minimum Gasteiger partial charge on any atom is -0.405 e. The SMILES string of the molecule is [B]P([B])O[C@@H]1C(N=[N+]=[N-])[C@@H](OC2C(C)O[C@H](O[C@@H]3C(CO[Si](c4ccccc4)(c4ccccc4)C(C)(C)C)O[C@H](OC4C(C)O[C@@H](C)C(C)[C@@H]4OCc4ccccc4)C(N=[N+]=[N-])[C@H]3OP([B])[B])C(C)[C@@H]2OCc2ccccc2)OC(CO[Si](c2ccccc2)(c2ccccc2)C(C)(C)C)[C@H]1OC. The van der Waals surface area contributed by atoms with Crippen LogP contribution in [0.3, 0.4) is 0 Å². The van der Waals surface area contributed by atoms with Gasteiger partial charge in [0, 0.05) is 28.8 Å². The molecule has 0 amide bonds. The topological polar surface area (TPSA) is 227 Å². The summed E-state index contributed by atoms with van der Waals surface area (Å²) in [6.07, 6.45) is -15.4. The van der Waals surface area contributed by atoms with Crippen molar-refractivity contribution in [3.63, 3.8) is 0 Å². The van der Waals surface area contributed by atoms with Crippen molar-refractivity contribution in [3.8, 4) is 0 Å². The number of rotatable bonds is 29. The fourth-order valence-electron chi connectivity index (χ4n) is 15.1. The summed E-state index contributed by atoms with van der Waals surface area (Å²) in [5.74, 6) is -0.904. The molecule has 0 aliphatic carbocycles. The van der Waals surface area contributed by atoms with Gasteiger partial charge in [-0.1, -0.05) is 263 Å². The molecule has 28 heteroatoms. The summed E-state index contributed by atoms with van der Waals surface area (Å²) in [6, 6.07) is 58.0. The van der Waals surface area contributed by atoms with Crippen molar-refractivity contribution >= 4 is 83.5 Å². The van der Waals surface area contributed by atoms with Crippen LogP contribution in [-0.2, 0) is 78.5 Å². The number of hydrogen-bond donors (Lipinski definition) is 0. The van der Waals surface area contributed by atoms with Crippen LogP contribution in [-0.4, -0.2) is 178 Å². The van der Waals surface area contributed by atoms with Crippen molar-refractivity contribution in [2.24, 2.45) is 22.1 Å². The monoisotopic (exact) mass is 1450 g/mol. The zero-order chi connectivity index (χ0) is 72.9. The molecule has 20 atom stereocenters. The van der Waals surface area contributed by atoms with Gasteiger partial charge in [-0.25, -0.2) is 0 Å². The largest absolute Gasteiger partial charge is 0.405 e. The zero-order valence-corrected chi connectivity index (χ0v) is 64.1. The average Bonchev–Trinajstić information content (AvgIpc) is 0.749. The maximum Gasteiger partial charge on any atom is 0.261 e. The Balaban J connectivity index is 1.04. The first-order valence-corrected chi connectivity index (χ1v) is 41.5. The van der Waals surface area contributed by atoms with Gasteiger partial charge in [0.05, 0.1) is 56.9 Å². The Labute approximate surface area is 611 Å². The number of azide groups is 2. The highest BCUT2D eigenvalue weighted by molar-refractivity contribution is 7.98. The summed E-state index contributed by atoms with van der Waals surface area (Å²) in [6.45, 7) is 23.1. The quantitative estimate of drug-likeness (QED) is 0.0140. The van der Waals surface area contributed by atoms with Crippen LogP contribution in [0.15, 0.2) is 192 Å². The summed E-state index contributed by atoms with van der Waals surface area (Å²) in [5, 5.41) is 11.9. The maximum atomic E-state index is 10.7. The summed E-state index contributed by atoms with van der Waals surface area (Å²) >= 11 is 0. The van der Waals surface area contributed by atoms with Crippen LogP contribution in [0.5, 0.6) is 0 Å². The number of methoxy groups -OCH3 is 1. The molecule has 0 saturated carbocycles. The first kappa shape index (κ1) is 79.5. The third-order valence-electron chi connectivity index (χ3n) is 20.1. The van der Waals surface area contributed by atoms with E-state index >= 15 is 0 Å². The lowest BCUT2D eigenvalue weighted by molar-refractivity contribution is -0.361. The van der Waals surface area contributed by atoms with Gasteiger partial charge < -0.3 is 65.3 Å². The molecule has 20 nitrogen and oxygen atoms in total. The summed E-state index contributed by atoms with van der Waals surface area (Å²) < 4.78 is 98.8. The third kappa shape index (κ3) is 18.1. The molecule has 6 aromatic carbocycles. The van der Waals surface area contributed by atoms with Crippen LogP contribution in [0.25, 0.3) is 20.9 Å². The molecule has 6 aromatic rings. The molecule has 0 spiro atoms. The number of ether oxygens (including phenoxy) is 10. The number of benzene rings is 6. The van der Waals surface area contributed by atoms with Crippen LogP contribution in [0.1, 0.15) is 87.3 Å². The second-order valence-electron chi connectivity index (χ2n) is 28.8. The van der Waals surface area contributed by atoms with E-state index in [1.54, 1.807) is 0 Å². The van der Waals surface area contributed by atoms with Gasteiger partial charge in [-0.05, 0) is 73.8 Å². The van der Waals surface area contributed by atoms with Crippen molar-refractivity contribution in [3.05, 3.63) is 214 Å². The van der Waals surface area contributed by atoms with Crippen molar-refractivity contribution in [2.45, 2.75) is 210 Å². The van der Waals surface area contributed by atoms with Crippen molar-refractivity contribution < 1.29 is 65.3 Å². The van der Waals surface area contributed by atoms with Gasteiger partial charge in [-0.3, -0.25) is 0 Å². The standard InChI is InChI=1S/C74H94B4N6O14P2Si2/c1-47-49(3)90-50(4)64(62(47)86-43-52-31-19-13-20-32-52)94-72-61(82-84-80)69(98-100(77)78)67(59(93-72)46-89-102(74(9,10)11,56-39-27-17-28-40-56)57-41-29-18-30-42-57)96-70-48(2)63(87-44-53-33-21-14-22-34-53)65(51(5)91-70)95-71-60(81-83-79)68(97-99(75)76)66(85-12)58(92-71)45-88-101(73(6,7)8,54-35-23-15-24-36-54)55-37-25-16-26-38-55/h13-42,47-51,58-72H,43-46H2,1-12H3/t47?,48?,49-,50?,51?,58?,59?,60?,61?,62-,63-,64?,65?,66+,67+,68+,69+,70+,71+,72+/m0/s1. The van der Waals surface area contributed by atoms with Crippen LogP contribution in [0, 0.1) is 11.8 Å². The molecule has 4 aliphatic rings. The first-order valence-electron chi connectivity index (χ1n) is 34.9. The first-order chi connectivity index (χ1) is 48.9. The van der Waals surface area contributed by atoms with Crippen LogP contribution >= 0.6 is 15.8 Å². The Morgan fingerprint density at radius 2 is 0.745 bits per heavy atom. The third-order valence-corrected chi connectivity index (χ3v) is 31.1. The second kappa shape index (κ2) is 36.0. The number of nitrogens with zero attached hydrogens (tertiary/aromatic N) is 6. The van der Waals surface area contributed by atoms with Crippen LogP contribution < -0.4 is 20.7 Å². The Hall–Kier alpha value is -5.07. The Bertz CT molecular complexity index is 3570. The minimum absolute atomic E-state index is 0.0306. The molecule has 8 radical (unpaired) electrons. The van der Waals surface area contributed by atoms with Crippen molar-refractivity contribution in [1.82, 2.24) is 0 Å². The molecular weight excluding hydrogens is 1360 g/mol. The summed E-state index contributed by atoms with van der Waals surface area (Å²) in [7, 11) is 16.5. The lowest BCUT2D eigenvalue weighted by Crippen LogP contribution is -2.69. The number of hydrogen-bond acceptors (Lipinski definition) is 16. The molecule has 4 saturated heterocycles. The molecule has 0 N–H and O–H groups in total. The maximum absolute atomic E-state index is 10.7. The highest BCUT2D eigenvalue weighted by Gasteiger charge is 2.59. The van der Waals surface area contributed by atoms with E-state index < -0.39 is 153 Å². The van der Waals surface area contributed by atoms with Gasteiger partial charge in [0.2, 0.25) is 0 Å². The van der Waals surface area contributed by atoms with Gasteiger partial charge in [0.1, 0.15) is 91.2 Å². The normalized spacial score (nSPS) is 30.3. The molecule has 534 valence electrons. The lowest BCUT2D eigenvalue weighted by atomic mass is 9.88. The summed E-state index contributed by atoms with van der Waals surface area (Å²) in [4.78, 5) is 6.71. The van der Waals surface area contributed by atoms with Gasteiger partial charge in [0.25, 0.3) is 16.6 Å². The highest BCUT2D eigenvalue weighted by Crippen LogP contribution is 2.46. The second-order valence-corrected chi connectivity index (χ2v) is 39.3. The highest BCUT2D eigenvalue weighted by atomic mass is 31.1. The van der Waals surface area contributed by atoms with E-state index in [1.165, 1.54) is 7.11 Å². The molecule has 10 unspecified atom stereocenters. The fourth-order valence-corrected chi connectivity index (χ4v) is 25.3. The predicted molar refractivity (Wildman–Crippen MR) is 405 cm³/mol. The Kier molecular flexibility index (Phi) is 28.1. The van der Waals surface area contributed by atoms with E-state index in [9.17, 15) is 11.1 Å². The van der Waals surface area contributed by atoms with E-state index in [4.69, 9.17) is 95.5 Å². The molecule has 0 aromatic heterocycles. The molecule has 102 heavy (non-hydrogen) atoms. The fraction of sp³-hybridized carbons (Fsp3) is 0.514. The van der Waals surface area contributed by atoms with Gasteiger partial charge >= 0.3 is 0 Å². The van der Waals surface area contributed by atoms with E-state index in [2.05, 4.69) is 117 Å². The van der Waals surface area contributed by atoms with E-state index in [0.29, 0.717) is 0 Å². The molecule has 4 heterocycles. The van der Waals surface area contributed by atoms with E-state index in [0.717, 1.165) is 31.9 Å². The molecular formula is C74H94B4N6O14P2Si2. The van der Waals surface area contributed by atoms with Crippen molar-refractivity contribution in [1.29, 1.82) is 0 Å². The minimum atomic E-state index is -3.38. The molecule has 0 bridgehead atoms. The Morgan fingerprint density at radius 1 is 0.412 bits per heavy atom. The lowest BCUT2D eigenvalue weighted by Gasteiger charge is -2.52. The Morgan fingerprint density at radius 3 is 1.10 bits per heavy atom. The van der Waals surface area contributed by atoms with Crippen LogP contribution in [0.4, 0.5) is 0 Å². The van der Waals surface area contributed by atoms with Gasteiger partial charge in [-0.15, -0.1) is 0 Å². The molecule has 10 rings (SSSR count). The molecule has 4 fully saturated rings. The van der Waals surface area contributed by atoms with Crippen molar-refractivity contribution in [2.75, 3.05) is 20.3 Å².